The van der Waals surface area contributed by atoms with Gasteiger partial charge in [-0.2, -0.15) is 0 Å². The molecular formula is C21H36N2O6. The zero-order valence-electron chi connectivity index (χ0n) is 18.4. The van der Waals surface area contributed by atoms with Crippen LogP contribution < -0.4 is 5.32 Å². The molecule has 0 spiro atoms. The lowest BCUT2D eigenvalue weighted by Gasteiger charge is -2.45. The molecule has 0 radical (unpaired) electrons. The summed E-state index contributed by atoms with van der Waals surface area (Å²) >= 11 is 0. The summed E-state index contributed by atoms with van der Waals surface area (Å²) in [4.78, 5) is 26.8. The van der Waals surface area contributed by atoms with Crippen LogP contribution in [-0.2, 0) is 23.7 Å². The normalized spacial score (nSPS) is 30.0. The summed E-state index contributed by atoms with van der Waals surface area (Å²) in [7, 11) is 0. The number of carbonyl (C=O) groups is 1. The molecule has 1 aliphatic carbocycles. The Morgan fingerprint density at radius 1 is 1.24 bits per heavy atom. The fraction of sp³-hybridized carbons (Fsp3) is 0.905. The van der Waals surface area contributed by atoms with Gasteiger partial charge >= 0.3 is 6.09 Å². The van der Waals surface area contributed by atoms with Crippen LogP contribution in [0.25, 0.3) is 0 Å². The largest absolute Gasteiger partial charge is 0.444 e. The number of amides is 1. The number of isocyanates is 1. The van der Waals surface area contributed by atoms with Crippen molar-refractivity contribution in [3.05, 3.63) is 0 Å². The highest BCUT2D eigenvalue weighted by Gasteiger charge is 2.41. The number of hydrogen-bond acceptors (Lipinski definition) is 7. The Bertz CT molecular complexity index is 588. The van der Waals surface area contributed by atoms with Crippen molar-refractivity contribution in [2.24, 2.45) is 15.8 Å². The molecule has 1 amide bonds. The zero-order valence-corrected chi connectivity index (χ0v) is 18.4. The van der Waals surface area contributed by atoms with Crippen LogP contribution in [-0.4, -0.2) is 69.5 Å². The molecule has 166 valence electrons. The molecule has 1 aliphatic heterocycles. The van der Waals surface area contributed by atoms with Crippen molar-refractivity contribution in [1.82, 2.24) is 5.32 Å². The van der Waals surface area contributed by atoms with E-state index < -0.39 is 6.09 Å². The second kappa shape index (κ2) is 10.5. The molecule has 2 fully saturated rings. The van der Waals surface area contributed by atoms with Crippen LogP contribution in [0.3, 0.4) is 0 Å². The van der Waals surface area contributed by atoms with E-state index in [1.807, 2.05) is 6.92 Å². The Balaban J connectivity index is 1.67. The molecule has 0 aromatic carbocycles. The van der Waals surface area contributed by atoms with Gasteiger partial charge in [0.15, 0.2) is 0 Å². The standard InChI is InChI=1S/C21H36N2O6/c1-15(8-26-10-18-11-28-18)27-9-16(2)29-19(25)22-13-21(5)7-17(23-14-24)6-20(3,4)12-21/h15-18H,6-13H2,1-5H3,(H,22,25). The van der Waals surface area contributed by atoms with Gasteiger partial charge in [0.1, 0.15) is 12.2 Å². The minimum atomic E-state index is -0.462. The van der Waals surface area contributed by atoms with Gasteiger partial charge in [-0.25, -0.2) is 14.6 Å². The van der Waals surface area contributed by atoms with E-state index in [2.05, 4.69) is 31.1 Å². The van der Waals surface area contributed by atoms with E-state index in [1.54, 1.807) is 13.0 Å². The SMILES string of the molecule is CC(COCC1CO1)OCC(C)OC(=O)NCC1(C)CC(N=C=O)CC(C)(C)C1. The third-order valence-electron chi connectivity index (χ3n) is 5.30. The molecule has 1 saturated carbocycles. The van der Waals surface area contributed by atoms with Gasteiger partial charge in [0, 0.05) is 6.54 Å². The van der Waals surface area contributed by atoms with E-state index in [0.717, 1.165) is 25.9 Å². The lowest BCUT2D eigenvalue weighted by atomic mass is 9.63. The van der Waals surface area contributed by atoms with E-state index in [0.29, 0.717) is 26.4 Å². The minimum absolute atomic E-state index is 0.0502. The lowest BCUT2D eigenvalue weighted by Crippen LogP contribution is -2.45. The minimum Gasteiger partial charge on any atom is -0.444 e. The quantitative estimate of drug-likeness (QED) is 0.318. The number of ether oxygens (including phenoxy) is 4. The van der Waals surface area contributed by atoms with E-state index in [4.69, 9.17) is 18.9 Å². The van der Waals surface area contributed by atoms with Crippen LogP contribution in [0.1, 0.15) is 53.9 Å². The molecule has 5 unspecified atom stereocenters. The zero-order chi connectivity index (χ0) is 21.5. The van der Waals surface area contributed by atoms with E-state index >= 15 is 0 Å². The van der Waals surface area contributed by atoms with Crippen LogP contribution in [0.2, 0.25) is 0 Å². The Morgan fingerprint density at radius 3 is 2.62 bits per heavy atom. The highest BCUT2D eigenvalue weighted by atomic mass is 16.6. The molecule has 2 rings (SSSR count). The number of alkyl carbamates (subject to hydrolysis) is 1. The summed E-state index contributed by atoms with van der Waals surface area (Å²) in [5, 5.41) is 2.87. The summed E-state index contributed by atoms with van der Waals surface area (Å²) in [6.45, 7) is 12.8. The molecular weight excluding hydrogens is 376 g/mol. The second-order valence-electron chi connectivity index (χ2n) is 9.64. The third-order valence-corrected chi connectivity index (χ3v) is 5.30. The number of nitrogens with one attached hydrogen (secondary N) is 1. The van der Waals surface area contributed by atoms with Crippen molar-refractivity contribution in [2.75, 3.05) is 33.0 Å². The summed E-state index contributed by atoms with van der Waals surface area (Å²) < 4.78 is 21.6. The molecule has 0 aromatic rings. The highest BCUT2D eigenvalue weighted by molar-refractivity contribution is 5.67. The fourth-order valence-electron chi connectivity index (χ4n) is 4.30. The van der Waals surface area contributed by atoms with E-state index in [-0.39, 0.29) is 35.2 Å². The molecule has 2 aliphatic rings. The monoisotopic (exact) mass is 412 g/mol. The molecule has 1 saturated heterocycles. The first kappa shape index (κ1) is 23.8. The maximum atomic E-state index is 12.2. The molecule has 1 heterocycles. The van der Waals surface area contributed by atoms with Crippen molar-refractivity contribution < 1.29 is 28.5 Å². The summed E-state index contributed by atoms with van der Waals surface area (Å²) in [6.07, 6.45) is 3.55. The topological polar surface area (TPSA) is 98.8 Å². The molecule has 29 heavy (non-hydrogen) atoms. The average Bonchev–Trinajstić information content (AvgIpc) is 3.41. The number of carbonyl (C=O) groups excluding carboxylic acids is 2. The molecule has 8 nitrogen and oxygen atoms in total. The molecule has 8 heteroatoms. The van der Waals surface area contributed by atoms with Crippen LogP contribution in [0.5, 0.6) is 0 Å². The molecule has 0 bridgehead atoms. The van der Waals surface area contributed by atoms with Crippen molar-refractivity contribution in [3.8, 4) is 0 Å². The Morgan fingerprint density at radius 2 is 1.97 bits per heavy atom. The average molecular weight is 413 g/mol. The van der Waals surface area contributed by atoms with Gasteiger partial charge in [0.25, 0.3) is 0 Å². The predicted molar refractivity (Wildman–Crippen MR) is 108 cm³/mol. The van der Waals surface area contributed by atoms with E-state index in [9.17, 15) is 9.59 Å². The highest BCUT2D eigenvalue weighted by Crippen LogP contribution is 2.46. The fourth-order valence-corrected chi connectivity index (χ4v) is 4.30. The van der Waals surface area contributed by atoms with Crippen LogP contribution in [0, 0.1) is 10.8 Å². The Hall–Kier alpha value is -1.47. The van der Waals surface area contributed by atoms with Gasteiger partial charge in [0.05, 0.1) is 38.6 Å². The van der Waals surface area contributed by atoms with Crippen molar-refractivity contribution in [1.29, 1.82) is 0 Å². The van der Waals surface area contributed by atoms with Gasteiger partial charge in [-0.3, -0.25) is 0 Å². The smallest absolute Gasteiger partial charge is 0.407 e. The molecule has 1 N–H and O–H groups in total. The number of rotatable bonds is 11. The second-order valence-corrected chi connectivity index (χ2v) is 9.64. The van der Waals surface area contributed by atoms with E-state index in [1.165, 1.54) is 0 Å². The molecule has 0 aromatic heterocycles. The summed E-state index contributed by atoms with van der Waals surface area (Å²) in [6, 6.07) is -0.0541. The van der Waals surface area contributed by atoms with Gasteiger partial charge < -0.3 is 24.3 Å². The third kappa shape index (κ3) is 9.26. The van der Waals surface area contributed by atoms with Gasteiger partial charge in [-0.1, -0.05) is 20.8 Å². The number of nitrogens with zero attached hydrogens (tertiary/aromatic N) is 1. The van der Waals surface area contributed by atoms with Crippen molar-refractivity contribution in [3.63, 3.8) is 0 Å². The van der Waals surface area contributed by atoms with Gasteiger partial charge in [0.2, 0.25) is 6.08 Å². The van der Waals surface area contributed by atoms with Crippen molar-refractivity contribution in [2.45, 2.75) is 78.2 Å². The predicted octanol–water partition coefficient (Wildman–Crippen LogP) is 2.84. The number of aliphatic imine (C=N–C) groups is 1. The maximum Gasteiger partial charge on any atom is 0.407 e. The van der Waals surface area contributed by atoms with Crippen molar-refractivity contribution >= 4 is 12.2 Å². The number of epoxide rings is 1. The lowest BCUT2D eigenvalue weighted by molar-refractivity contribution is -0.0421. The number of hydrogen-bond donors (Lipinski definition) is 1. The van der Waals surface area contributed by atoms with Gasteiger partial charge in [-0.15, -0.1) is 0 Å². The molecule has 5 atom stereocenters. The first-order chi connectivity index (χ1) is 13.6. The first-order valence-electron chi connectivity index (χ1n) is 10.4. The van der Waals surface area contributed by atoms with Gasteiger partial charge in [-0.05, 0) is 43.9 Å². The Kier molecular flexibility index (Phi) is 8.64. The van der Waals surface area contributed by atoms with Crippen LogP contribution in [0.15, 0.2) is 4.99 Å². The summed E-state index contributed by atoms with van der Waals surface area (Å²) in [5.41, 5.74) is -0.1000. The van der Waals surface area contributed by atoms with Crippen LogP contribution >= 0.6 is 0 Å². The van der Waals surface area contributed by atoms with Crippen LogP contribution in [0.4, 0.5) is 4.79 Å². The Labute approximate surface area is 173 Å². The first-order valence-corrected chi connectivity index (χ1v) is 10.4. The summed E-state index contributed by atoms with van der Waals surface area (Å²) in [5.74, 6) is 0. The maximum absolute atomic E-state index is 12.2.